The SMILES string of the molecule is O=C(Nc1cccc(C(=O)N2CCC[C@@H]2c2nnc3ccccn23)c1)[C@@H]1CCCO1. The van der Waals surface area contributed by atoms with Gasteiger partial charge in [0.1, 0.15) is 6.10 Å². The van der Waals surface area contributed by atoms with E-state index in [1.54, 1.807) is 24.3 Å². The number of hydrogen-bond acceptors (Lipinski definition) is 5. The van der Waals surface area contributed by atoms with Crippen LogP contribution >= 0.6 is 0 Å². The number of fused-ring (bicyclic) bond motifs is 1. The van der Waals surface area contributed by atoms with Crippen LogP contribution in [0.2, 0.25) is 0 Å². The van der Waals surface area contributed by atoms with Crippen molar-refractivity contribution in [1.82, 2.24) is 19.5 Å². The third-order valence-corrected chi connectivity index (χ3v) is 5.75. The average molecular weight is 405 g/mol. The number of carbonyl (C=O) groups is 2. The number of aromatic nitrogens is 3. The highest BCUT2D eigenvalue weighted by Crippen LogP contribution is 2.32. The zero-order valence-corrected chi connectivity index (χ0v) is 16.5. The molecule has 0 unspecified atom stereocenters. The molecule has 0 radical (unpaired) electrons. The number of nitrogens with zero attached hydrogens (tertiary/aromatic N) is 4. The van der Waals surface area contributed by atoms with Crippen molar-refractivity contribution < 1.29 is 14.3 Å². The van der Waals surface area contributed by atoms with Crippen LogP contribution in [0.1, 0.15) is 47.9 Å². The number of hydrogen-bond donors (Lipinski definition) is 1. The van der Waals surface area contributed by atoms with E-state index in [0.29, 0.717) is 24.4 Å². The fourth-order valence-corrected chi connectivity index (χ4v) is 4.27. The molecule has 154 valence electrons. The minimum atomic E-state index is -0.409. The number of ether oxygens (including phenoxy) is 1. The van der Waals surface area contributed by atoms with E-state index in [-0.39, 0.29) is 17.9 Å². The molecule has 0 saturated carbocycles. The maximum atomic E-state index is 13.3. The highest BCUT2D eigenvalue weighted by Gasteiger charge is 2.34. The molecule has 0 spiro atoms. The lowest BCUT2D eigenvalue weighted by Gasteiger charge is -2.24. The third kappa shape index (κ3) is 3.43. The number of likely N-dealkylation sites (tertiary alicyclic amines) is 1. The van der Waals surface area contributed by atoms with E-state index in [2.05, 4.69) is 15.5 Å². The van der Waals surface area contributed by atoms with E-state index < -0.39 is 6.10 Å². The molecule has 2 aromatic heterocycles. The Morgan fingerprint density at radius 1 is 1.07 bits per heavy atom. The first-order chi connectivity index (χ1) is 14.7. The molecule has 2 fully saturated rings. The van der Waals surface area contributed by atoms with Gasteiger partial charge in [-0.2, -0.15) is 0 Å². The van der Waals surface area contributed by atoms with Gasteiger partial charge in [0.2, 0.25) is 0 Å². The van der Waals surface area contributed by atoms with E-state index in [1.807, 2.05) is 33.7 Å². The molecule has 2 amide bonds. The number of benzene rings is 1. The summed E-state index contributed by atoms with van der Waals surface area (Å²) in [6.45, 7) is 1.28. The molecule has 8 heteroatoms. The number of carbonyl (C=O) groups excluding carboxylic acids is 2. The van der Waals surface area contributed by atoms with Crippen LogP contribution in [0.5, 0.6) is 0 Å². The Kier molecular flexibility index (Phi) is 4.92. The van der Waals surface area contributed by atoms with Crippen LogP contribution in [-0.2, 0) is 9.53 Å². The standard InChI is InChI=1S/C22H23N5O3/c28-21(18-9-5-13-30-18)23-16-7-3-6-15(14-16)22(29)26-12-4-8-17(26)20-25-24-19-10-1-2-11-27(19)20/h1-3,6-7,10-11,14,17-18H,4-5,8-9,12-13H2,(H,23,28)/t17-,18+/m1/s1. The van der Waals surface area contributed by atoms with Gasteiger partial charge >= 0.3 is 0 Å². The largest absolute Gasteiger partial charge is 0.368 e. The molecule has 8 nitrogen and oxygen atoms in total. The number of rotatable bonds is 4. The van der Waals surface area contributed by atoms with Crippen LogP contribution in [0.3, 0.4) is 0 Å². The molecule has 3 aromatic rings. The summed E-state index contributed by atoms with van der Waals surface area (Å²) in [7, 11) is 0. The zero-order chi connectivity index (χ0) is 20.5. The van der Waals surface area contributed by atoms with Crippen molar-refractivity contribution in [2.75, 3.05) is 18.5 Å². The van der Waals surface area contributed by atoms with Gasteiger partial charge < -0.3 is 15.0 Å². The predicted molar refractivity (Wildman–Crippen MR) is 110 cm³/mol. The highest BCUT2D eigenvalue weighted by atomic mass is 16.5. The predicted octanol–water partition coefficient (Wildman–Crippen LogP) is 2.82. The Morgan fingerprint density at radius 3 is 2.87 bits per heavy atom. The van der Waals surface area contributed by atoms with Crippen LogP contribution in [0, 0.1) is 0 Å². The summed E-state index contributed by atoms with van der Waals surface area (Å²) in [5.74, 6) is 0.545. The minimum Gasteiger partial charge on any atom is -0.368 e. The summed E-state index contributed by atoms with van der Waals surface area (Å²) < 4.78 is 7.37. The van der Waals surface area contributed by atoms with Gasteiger partial charge in [-0.1, -0.05) is 12.1 Å². The van der Waals surface area contributed by atoms with Crippen molar-refractivity contribution in [1.29, 1.82) is 0 Å². The summed E-state index contributed by atoms with van der Waals surface area (Å²) in [6.07, 6.45) is 4.89. The summed E-state index contributed by atoms with van der Waals surface area (Å²) >= 11 is 0. The quantitative estimate of drug-likeness (QED) is 0.721. The molecule has 0 bridgehead atoms. The third-order valence-electron chi connectivity index (χ3n) is 5.75. The topological polar surface area (TPSA) is 88.8 Å². The van der Waals surface area contributed by atoms with Crippen molar-refractivity contribution in [3.05, 3.63) is 60.0 Å². The van der Waals surface area contributed by atoms with Gasteiger partial charge in [-0.3, -0.25) is 14.0 Å². The van der Waals surface area contributed by atoms with Gasteiger partial charge in [0, 0.05) is 30.6 Å². The van der Waals surface area contributed by atoms with Crippen molar-refractivity contribution in [3.8, 4) is 0 Å². The molecule has 5 rings (SSSR count). The second-order valence-electron chi connectivity index (χ2n) is 7.72. The van der Waals surface area contributed by atoms with E-state index in [4.69, 9.17) is 4.74 Å². The van der Waals surface area contributed by atoms with Crippen molar-refractivity contribution in [2.45, 2.75) is 37.8 Å². The summed E-state index contributed by atoms with van der Waals surface area (Å²) in [5, 5.41) is 11.5. The monoisotopic (exact) mass is 405 g/mol. The Morgan fingerprint density at radius 2 is 2.00 bits per heavy atom. The van der Waals surface area contributed by atoms with E-state index in [0.717, 1.165) is 37.2 Å². The first-order valence-corrected chi connectivity index (χ1v) is 10.3. The van der Waals surface area contributed by atoms with Gasteiger partial charge in [0.15, 0.2) is 11.5 Å². The van der Waals surface area contributed by atoms with Gasteiger partial charge in [0.25, 0.3) is 11.8 Å². The lowest BCUT2D eigenvalue weighted by molar-refractivity contribution is -0.124. The van der Waals surface area contributed by atoms with Gasteiger partial charge in [0.05, 0.1) is 6.04 Å². The molecule has 2 aliphatic heterocycles. The van der Waals surface area contributed by atoms with E-state index in [9.17, 15) is 9.59 Å². The van der Waals surface area contributed by atoms with Crippen molar-refractivity contribution >= 4 is 23.1 Å². The van der Waals surface area contributed by atoms with Crippen LogP contribution in [0.4, 0.5) is 5.69 Å². The first kappa shape index (κ1) is 18.7. The summed E-state index contributed by atoms with van der Waals surface area (Å²) in [6, 6.07) is 12.7. The van der Waals surface area contributed by atoms with Crippen LogP contribution in [-0.4, -0.2) is 50.6 Å². The smallest absolute Gasteiger partial charge is 0.254 e. The molecular formula is C22H23N5O3. The minimum absolute atomic E-state index is 0.0709. The Bertz CT molecular complexity index is 1090. The molecule has 0 aliphatic carbocycles. The fourth-order valence-electron chi connectivity index (χ4n) is 4.27. The van der Waals surface area contributed by atoms with E-state index >= 15 is 0 Å². The maximum absolute atomic E-state index is 13.3. The zero-order valence-electron chi connectivity index (χ0n) is 16.5. The summed E-state index contributed by atoms with van der Waals surface area (Å²) in [5.41, 5.74) is 1.91. The highest BCUT2D eigenvalue weighted by molar-refractivity contribution is 5.98. The number of amides is 2. The van der Waals surface area contributed by atoms with Crippen LogP contribution < -0.4 is 5.32 Å². The van der Waals surface area contributed by atoms with Crippen LogP contribution in [0.15, 0.2) is 48.7 Å². The molecule has 1 N–H and O–H groups in total. The molecular weight excluding hydrogens is 382 g/mol. The fraction of sp³-hybridized carbons (Fsp3) is 0.364. The van der Waals surface area contributed by atoms with Crippen molar-refractivity contribution in [2.24, 2.45) is 0 Å². The molecule has 2 aliphatic rings. The lowest BCUT2D eigenvalue weighted by Crippen LogP contribution is -2.31. The molecule has 1 aromatic carbocycles. The lowest BCUT2D eigenvalue weighted by atomic mass is 10.1. The number of anilines is 1. The second-order valence-corrected chi connectivity index (χ2v) is 7.72. The Labute approximate surface area is 173 Å². The average Bonchev–Trinajstić information content (AvgIpc) is 3.53. The maximum Gasteiger partial charge on any atom is 0.254 e. The van der Waals surface area contributed by atoms with Crippen molar-refractivity contribution in [3.63, 3.8) is 0 Å². The second kappa shape index (κ2) is 7.87. The molecule has 2 saturated heterocycles. The van der Waals surface area contributed by atoms with Gasteiger partial charge in [-0.15, -0.1) is 10.2 Å². The first-order valence-electron chi connectivity index (χ1n) is 10.3. The molecule has 2 atom stereocenters. The summed E-state index contributed by atoms with van der Waals surface area (Å²) in [4.78, 5) is 27.5. The van der Waals surface area contributed by atoms with Gasteiger partial charge in [-0.05, 0) is 56.0 Å². The Hall–Kier alpha value is -3.26. The Balaban J connectivity index is 1.36. The number of pyridine rings is 1. The van der Waals surface area contributed by atoms with Gasteiger partial charge in [-0.25, -0.2) is 0 Å². The molecule has 30 heavy (non-hydrogen) atoms. The van der Waals surface area contributed by atoms with E-state index in [1.165, 1.54) is 0 Å². The normalized spacial score (nSPS) is 21.3. The molecule has 4 heterocycles. The number of nitrogens with one attached hydrogen (secondary N) is 1. The van der Waals surface area contributed by atoms with Crippen LogP contribution in [0.25, 0.3) is 5.65 Å².